The number of benzene rings is 3. The van der Waals surface area contributed by atoms with Gasteiger partial charge >= 0.3 is 12.1 Å². The van der Waals surface area contributed by atoms with E-state index in [-0.39, 0.29) is 56.5 Å². The third-order valence-electron chi connectivity index (χ3n) is 9.10. The lowest BCUT2D eigenvalue weighted by Crippen LogP contribution is -2.76. The summed E-state index contributed by atoms with van der Waals surface area (Å²) in [5, 5.41) is 8.85. The summed E-state index contributed by atoms with van der Waals surface area (Å²) >= 11 is 0. The first-order valence-electron chi connectivity index (χ1n) is 16.9. The van der Waals surface area contributed by atoms with Gasteiger partial charge in [0.25, 0.3) is 0 Å². The van der Waals surface area contributed by atoms with Gasteiger partial charge in [-0.15, -0.1) is 0 Å². The molecule has 2 saturated heterocycles. The van der Waals surface area contributed by atoms with Gasteiger partial charge in [-0.2, -0.15) is 0 Å². The van der Waals surface area contributed by atoms with Crippen LogP contribution in [-0.4, -0.2) is 103 Å². The number of carbonyl (C=O) groups excluding carboxylic acids is 4. The highest BCUT2D eigenvalue weighted by atomic mass is 16.5. The van der Waals surface area contributed by atoms with Crippen LogP contribution < -0.4 is 15.4 Å². The molecule has 50 heavy (non-hydrogen) atoms. The number of rotatable bonds is 14. The number of amides is 5. The molecule has 12 nitrogen and oxygen atoms in total. The fourth-order valence-electron chi connectivity index (χ4n) is 6.64. The van der Waals surface area contributed by atoms with Crippen LogP contribution in [0.15, 0.2) is 97.6 Å². The van der Waals surface area contributed by atoms with Crippen molar-refractivity contribution in [3.05, 3.63) is 114 Å². The maximum absolute atomic E-state index is 14.3. The van der Waals surface area contributed by atoms with E-state index in [2.05, 4.69) is 41.5 Å². The highest BCUT2D eigenvalue weighted by Gasteiger charge is 2.50. The topological polar surface area (TPSA) is 124 Å². The molecule has 5 amide bonds. The van der Waals surface area contributed by atoms with E-state index in [1.54, 1.807) is 34.0 Å². The van der Waals surface area contributed by atoms with Crippen molar-refractivity contribution >= 4 is 23.9 Å². The second-order valence-corrected chi connectivity index (χ2v) is 12.4. The molecule has 0 bridgehead atoms. The zero-order valence-corrected chi connectivity index (χ0v) is 28.7. The highest BCUT2D eigenvalue weighted by molar-refractivity contribution is 5.91. The lowest BCUT2D eigenvalue weighted by molar-refractivity contribution is -0.187. The average Bonchev–Trinajstić information content (AvgIpc) is 3.13. The number of hydrogen-bond donors (Lipinski definition) is 2. The highest BCUT2D eigenvalue weighted by Crippen LogP contribution is 2.32. The van der Waals surface area contributed by atoms with Crippen LogP contribution in [0.4, 0.5) is 9.59 Å². The normalized spacial score (nSPS) is 17.7. The predicted octanol–water partition coefficient (Wildman–Crippen LogP) is 4.35. The van der Waals surface area contributed by atoms with E-state index in [0.29, 0.717) is 31.6 Å². The third-order valence-corrected chi connectivity index (χ3v) is 9.10. The molecule has 2 fully saturated rings. The Kier molecular flexibility index (Phi) is 12.5. The molecular weight excluding hydrogens is 636 g/mol. The van der Waals surface area contributed by atoms with Gasteiger partial charge in [0, 0.05) is 32.6 Å². The number of nitrogens with zero attached hydrogens (tertiary/aromatic N) is 4. The van der Waals surface area contributed by atoms with E-state index in [1.807, 2.05) is 60.7 Å². The minimum Gasteiger partial charge on any atom is -0.497 e. The standard InChI is InChI=1S/C38H46N6O6/c1-4-24-50-38(48)39-22-11-16-33-36(46)42(23-21-32(29-12-7-5-8-13-29)30-14-9-6-10-15-30)26-34-43(33)35(45)27-41(2)44(34)37(47)40-25-28-17-19-31(49-3)20-18-28/h4-10,12-15,17-20,32-34H,1,11,16,21-27H2,2-3H3,(H,39,48)(H,40,47)/t33-,34-/m0/s1. The molecule has 2 N–H and O–H groups in total. The summed E-state index contributed by atoms with van der Waals surface area (Å²) in [6.07, 6.45) is 1.53. The summed E-state index contributed by atoms with van der Waals surface area (Å²) < 4.78 is 10.2. The molecule has 0 aromatic heterocycles. The Bertz CT molecular complexity index is 1570. The molecule has 2 aliphatic rings. The van der Waals surface area contributed by atoms with Crippen LogP contribution in [0.3, 0.4) is 0 Å². The van der Waals surface area contributed by atoms with Crippen LogP contribution >= 0.6 is 0 Å². The molecule has 0 radical (unpaired) electrons. The summed E-state index contributed by atoms with van der Waals surface area (Å²) in [7, 11) is 3.30. The number of hydrogen-bond acceptors (Lipinski definition) is 7. The van der Waals surface area contributed by atoms with Gasteiger partial charge in [-0.25, -0.2) is 19.6 Å². The second-order valence-electron chi connectivity index (χ2n) is 12.4. The van der Waals surface area contributed by atoms with Gasteiger partial charge in [0.2, 0.25) is 11.8 Å². The molecule has 3 aromatic rings. The van der Waals surface area contributed by atoms with Gasteiger partial charge in [0.15, 0.2) is 0 Å². The Balaban J connectivity index is 1.37. The van der Waals surface area contributed by atoms with Crippen molar-refractivity contribution in [2.45, 2.75) is 43.9 Å². The van der Waals surface area contributed by atoms with Crippen molar-refractivity contribution in [3.8, 4) is 5.75 Å². The Morgan fingerprint density at radius 1 is 0.960 bits per heavy atom. The van der Waals surface area contributed by atoms with Crippen molar-refractivity contribution in [2.75, 3.05) is 46.9 Å². The molecule has 0 aliphatic carbocycles. The lowest BCUT2D eigenvalue weighted by atomic mass is 9.88. The first-order chi connectivity index (χ1) is 24.3. The van der Waals surface area contributed by atoms with E-state index < -0.39 is 18.3 Å². The summed E-state index contributed by atoms with van der Waals surface area (Å²) in [6, 6.07) is 26.6. The van der Waals surface area contributed by atoms with E-state index >= 15 is 0 Å². The number of hydrazine groups is 1. The molecule has 0 unspecified atom stereocenters. The molecule has 264 valence electrons. The largest absolute Gasteiger partial charge is 0.497 e. The number of carbonyl (C=O) groups is 4. The van der Waals surface area contributed by atoms with Crippen LogP contribution in [0.25, 0.3) is 0 Å². The van der Waals surface area contributed by atoms with Crippen LogP contribution in [0.2, 0.25) is 0 Å². The zero-order chi connectivity index (χ0) is 35.5. The van der Waals surface area contributed by atoms with Crippen molar-refractivity contribution in [3.63, 3.8) is 0 Å². The van der Waals surface area contributed by atoms with Crippen LogP contribution in [0.5, 0.6) is 5.75 Å². The first kappa shape index (κ1) is 35.9. The van der Waals surface area contributed by atoms with Crippen LogP contribution in [0.1, 0.15) is 41.9 Å². The Labute approximate surface area is 293 Å². The zero-order valence-electron chi connectivity index (χ0n) is 28.7. The molecule has 12 heteroatoms. The fraction of sp³-hybridized carbons (Fsp3) is 0.368. The number of piperazine rings is 1. The lowest BCUT2D eigenvalue weighted by Gasteiger charge is -2.54. The molecule has 2 atom stereocenters. The number of ether oxygens (including phenoxy) is 2. The van der Waals surface area contributed by atoms with Gasteiger partial charge in [-0.3, -0.25) is 9.59 Å². The Hall–Kier alpha value is -5.36. The molecule has 2 aliphatic heterocycles. The van der Waals surface area contributed by atoms with Crippen LogP contribution in [-0.2, 0) is 20.9 Å². The van der Waals surface area contributed by atoms with E-state index in [4.69, 9.17) is 9.47 Å². The maximum atomic E-state index is 14.3. The van der Waals surface area contributed by atoms with Crippen molar-refractivity contribution in [1.82, 2.24) is 30.5 Å². The minimum absolute atomic E-state index is 0.0343. The number of alkyl carbamates (subject to hydrolysis) is 1. The number of nitrogens with one attached hydrogen (secondary N) is 2. The Morgan fingerprint density at radius 2 is 1.62 bits per heavy atom. The SMILES string of the molecule is C=CCOC(=O)NCCC[C@H]1C(=O)N(CCC(c2ccccc2)c2ccccc2)C[C@H]2N1C(=O)CN(C)N2C(=O)NCc1ccc(OC)cc1. The summed E-state index contributed by atoms with van der Waals surface area (Å²) in [4.78, 5) is 57.1. The third kappa shape index (κ3) is 8.80. The number of methoxy groups -OCH3 is 1. The average molecular weight is 683 g/mol. The van der Waals surface area contributed by atoms with Crippen LogP contribution in [0, 0.1) is 0 Å². The summed E-state index contributed by atoms with van der Waals surface area (Å²) in [6.45, 7) is 4.66. The van der Waals surface area contributed by atoms with Gasteiger partial charge in [0.1, 0.15) is 24.6 Å². The van der Waals surface area contributed by atoms with Crippen molar-refractivity contribution in [1.29, 1.82) is 0 Å². The molecule has 0 spiro atoms. The number of urea groups is 1. The molecule has 0 saturated carbocycles. The van der Waals surface area contributed by atoms with E-state index in [9.17, 15) is 19.2 Å². The second kappa shape index (κ2) is 17.3. The molecule has 5 rings (SSSR count). The van der Waals surface area contributed by atoms with Gasteiger partial charge in [0.05, 0.1) is 20.2 Å². The van der Waals surface area contributed by atoms with Gasteiger partial charge < -0.3 is 29.9 Å². The number of likely N-dealkylation sites (N-methyl/N-ethyl adjacent to an activating group) is 1. The van der Waals surface area contributed by atoms with Gasteiger partial charge in [-0.05, 0) is 48.1 Å². The predicted molar refractivity (Wildman–Crippen MR) is 189 cm³/mol. The molecular formula is C38H46N6O6. The monoisotopic (exact) mass is 682 g/mol. The van der Waals surface area contributed by atoms with Gasteiger partial charge in [-0.1, -0.05) is 85.5 Å². The minimum atomic E-state index is -0.815. The van der Waals surface area contributed by atoms with Crippen molar-refractivity contribution in [2.24, 2.45) is 0 Å². The number of fused-ring (bicyclic) bond motifs is 1. The fourth-order valence-corrected chi connectivity index (χ4v) is 6.64. The quantitative estimate of drug-likeness (QED) is 0.192. The van der Waals surface area contributed by atoms with Crippen molar-refractivity contribution < 1.29 is 28.7 Å². The smallest absolute Gasteiger partial charge is 0.407 e. The summed E-state index contributed by atoms with van der Waals surface area (Å²) in [5.41, 5.74) is 3.17. The Morgan fingerprint density at radius 3 is 2.24 bits per heavy atom. The van der Waals surface area contributed by atoms with E-state index in [1.165, 1.54) is 6.08 Å². The maximum Gasteiger partial charge on any atom is 0.407 e. The van der Waals surface area contributed by atoms with E-state index in [0.717, 1.165) is 16.7 Å². The summed E-state index contributed by atoms with van der Waals surface area (Å²) in [5.74, 6) is 0.340. The molecule has 3 aromatic carbocycles. The molecule has 2 heterocycles. The first-order valence-corrected chi connectivity index (χ1v) is 16.9.